The van der Waals surface area contributed by atoms with Crippen LogP contribution in [0.1, 0.15) is 31.7 Å². The molecule has 1 aliphatic heterocycles. The molecule has 1 aromatic rings. The monoisotopic (exact) mass is 381 g/mol. The Balaban J connectivity index is 2.32. The Labute approximate surface area is 143 Å². The predicted octanol–water partition coefficient (Wildman–Crippen LogP) is 2.74. The zero-order valence-corrected chi connectivity index (χ0v) is 14.3. The van der Waals surface area contributed by atoms with Crippen LogP contribution in [0.3, 0.4) is 0 Å². The molecule has 0 amide bonds. The van der Waals surface area contributed by atoms with Crippen LogP contribution in [-0.2, 0) is 30.8 Å². The zero-order valence-electron chi connectivity index (χ0n) is 13.5. The van der Waals surface area contributed by atoms with Crippen LogP contribution < -0.4 is 0 Å². The third kappa shape index (κ3) is 4.71. The van der Waals surface area contributed by atoms with Gasteiger partial charge in [0.2, 0.25) is 10.0 Å². The summed E-state index contributed by atoms with van der Waals surface area (Å²) in [6.45, 7) is 0.949. The molecule has 10 heteroatoms. The van der Waals surface area contributed by atoms with Gasteiger partial charge in [0.25, 0.3) is 0 Å². The van der Waals surface area contributed by atoms with Gasteiger partial charge in [-0.3, -0.25) is 4.89 Å². The van der Waals surface area contributed by atoms with Gasteiger partial charge in [-0.15, -0.1) is 0 Å². The number of alkyl halides is 3. The average Bonchev–Trinajstić information content (AvgIpc) is 2.54. The third-order valence-electron chi connectivity index (χ3n) is 3.79. The van der Waals surface area contributed by atoms with E-state index in [2.05, 4.69) is 4.89 Å². The molecule has 1 unspecified atom stereocenters. The van der Waals surface area contributed by atoms with Crippen LogP contribution >= 0.6 is 0 Å². The molecule has 6 nitrogen and oxygen atoms in total. The van der Waals surface area contributed by atoms with Crippen molar-refractivity contribution in [1.29, 1.82) is 0 Å². The van der Waals surface area contributed by atoms with E-state index >= 15 is 0 Å². The molecule has 0 radical (unpaired) electrons. The Hall–Kier alpha value is -1.65. The molecule has 1 aliphatic rings. The van der Waals surface area contributed by atoms with Gasteiger partial charge in [0.15, 0.2) is 0 Å². The Morgan fingerprint density at radius 2 is 1.96 bits per heavy atom. The zero-order chi connectivity index (χ0) is 18.7. The molecule has 0 aromatic heterocycles. The van der Waals surface area contributed by atoms with Crippen LogP contribution in [-0.4, -0.2) is 37.9 Å². The number of carbonyl (C=O) groups is 1. The Morgan fingerprint density at radius 1 is 1.28 bits per heavy atom. The number of carbonyl (C=O) groups excluding carboxylic acids is 1. The van der Waals surface area contributed by atoms with E-state index in [0.29, 0.717) is 19.3 Å². The predicted molar refractivity (Wildman–Crippen MR) is 80.7 cm³/mol. The van der Waals surface area contributed by atoms with E-state index in [9.17, 15) is 26.4 Å². The molecule has 1 aromatic carbocycles. The second-order valence-corrected chi connectivity index (χ2v) is 7.48. The number of benzene rings is 1. The lowest BCUT2D eigenvalue weighted by Gasteiger charge is -2.34. The van der Waals surface area contributed by atoms with Crippen LogP contribution in [0.25, 0.3) is 0 Å². The maximum absolute atomic E-state index is 13.2. The van der Waals surface area contributed by atoms with Gasteiger partial charge < -0.3 is 0 Å². The van der Waals surface area contributed by atoms with Gasteiger partial charge in [-0.25, -0.2) is 13.2 Å². The minimum Gasteiger partial charge on any atom is -0.299 e. The molecule has 1 fully saturated rings. The van der Waals surface area contributed by atoms with Crippen molar-refractivity contribution in [2.45, 2.75) is 43.3 Å². The molecule has 0 bridgehead atoms. The second kappa shape index (κ2) is 7.71. The summed E-state index contributed by atoms with van der Waals surface area (Å²) in [5.41, 5.74) is -1.21. The van der Waals surface area contributed by atoms with Gasteiger partial charge >= 0.3 is 12.1 Å². The Kier molecular flexibility index (Phi) is 6.07. The van der Waals surface area contributed by atoms with E-state index in [1.165, 1.54) is 6.07 Å². The van der Waals surface area contributed by atoms with E-state index < -0.39 is 38.7 Å². The summed E-state index contributed by atoms with van der Waals surface area (Å²) in [6, 6.07) is 3.35. The van der Waals surface area contributed by atoms with E-state index in [1.807, 2.05) is 0 Å². The topological polar surface area (TPSA) is 72.9 Å². The Bertz CT molecular complexity index is 720. The molecule has 0 spiro atoms. The summed E-state index contributed by atoms with van der Waals surface area (Å²) in [4.78, 5) is 19.0. The van der Waals surface area contributed by atoms with Gasteiger partial charge in [-0.2, -0.15) is 22.4 Å². The fourth-order valence-electron chi connectivity index (χ4n) is 2.70. The molecule has 0 aliphatic carbocycles. The number of nitrogens with zero attached hydrogens (tertiary/aromatic N) is 1. The number of hydrogen-bond donors (Lipinski definition) is 0. The molecule has 1 saturated heterocycles. The quantitative estimate of drug-likeness (QED) is 0.579. The van der Waals surface area contributed by atoms with Gasteiger partial charge in [0.05, 0.1) is 16.5 Å². The molecule has 0 saturated carbocycles. The maximum atomic E-state index is 13.2. The Morgan fingerprint density at radius 3 is 2.60 bits per heavy atom. The number of hydrogen-bond acceptors (Lipinski definition) is 5. The first-order chi connectivity index (χ1) is 11.6. The molecule has 1 heterocycles. The van der Waals surface area contributed by atoms with Crippen LogP contribution in [0.2, 0.25) is 0 Å². The van der Waals surface area contributed by atoms with Crippen molar-refractivity contribution in [2.24, 2.45) is 0 Å². The first-order valence-corrected chi connectivity index (χ1v) is 9.06. The van der Waals surface area contributed by atoms with Gasteiger partial charge in [0, 0.05) is 13.5 Å². The molecule has 0 N–H and O–H groups in total. The molecule has 25 heavy (non-hydrogen) atoms. The van der Waals surface area contributed by atoms with Crippen molar-refractivity contribution < 1.29 is 36.2 Å². The van der Waals surface area contributed by atoms with E-state index in [4.69, 9.17) is 4.89 Å². The summed E-state index contributed by atoms with van der Waals surface area (Å²) >= 11 is 0. The minimum atomic E-state index is -4.79. The van der Waals surface area contributed by atoms with Gasteiger partial charge in [-0.05, 0) is 25.0 Å². The second-order valence-electron chi connectivity index (χ2n) is 5.62. The van der Waals surface area contributed by atoms with Crippen LogP contribution in [0.15, 0.2) is 29.2 Å². The first-order valence-electron chi connectivity index (χ1n) is 7.62. The first kappa shape index (κ1) is 19.7. The van der Waals surface area contributed by atoms with E-state index in [-0.39, 0.29) is 13.2 Å². The SMILES string of the molecule is CC(=O)OOCC1CCCCN1S(=O)(=O)c1ccccc1C(F)(F)F. The fraction of sp³-hybridized carbons (Fsp3) is 0.533. The lowest BCUT2D eigenvalue weighted by atomic mass is 10.1. The molecular weight excluding hydrogens is 363 g/mol. The standard InChI is InChI=1S/C15H18F3NO5S/c1-11(20)24-23-10-12-6-4-5-9-19(12)25(21,22)14-8-3-2-7-13(14)15(16,17)18/h2-3,7-8,12H,4-6,9-10H2,1H3. The van der Waals surface area contributed by atoms with Crippen molar-refractivity contribution in [2.75, 3.05) is 13.2 Å². The van der Waals surface area contributed by atoms with Crippen molar-refractivity contribution in [3.8, 4) is 0 Å². The summed E-state index contributed by atoms with van der Waals surface area (Å²) in [6.07, 6.45) is -3.17. The molecular formula is C15H18F3NO5S. The summed E-state index contributed by atoms with van der Waals surface area (Å²) < 4.78 is 66.1. The van der Waals surface area contributed by atoms with Crippen LogP contribution in [0, 0.1) is 0 Å². The minimum absolute atomic E-state index is 0.0720. The normalized spacial score (nSPS) is 19.6. The number of rotatable bonds is 5. The van der Waals surface area contributed by atoms with Crippen LogP contribution in [0.4, 0.5) is 13.2 Å². The highest BCUT2D eigenvalue weighted by Crippen LogP contribution is 2.36. The summed E-state index contributed by atoms with van der Waals surface area (Å²) in [7, 11) is -4.38. The fourth-order valence-corrected chi connectivity index (χ4v) is 4.60. The largest absolute Gasteiger partial charge is 0.417 e. The molecule has 140 valence electrons. The molecule has 2 rings (SSSR count). The van der Waals surface area contributed by atoms with Gasteiger partial charge in [0.1, 0.15) is 6.61 Å². The highest BCUT2D eigenvalue weighted by atomic mass is 32.2. The number of sulfonamides is 1. The average molecular weight is 381 g/mol. The summed E-state index contributed by atoms with van der Waals surface area (Å²) in [5.74, 6) is -0.701. The smallest absolute Gasteiger partial charge is 0.299 e. The lowest BCUT2D eigenvalue weighted by Crippen LogP contribution is -2.46. The van der Waals surface area contributed by atoms with Crippen molar-refractivity contribution in [1.82, 2.24) is 4.31 Å². The van der Waals surface area contributed by atoms with Crippen molar-refractivity contribution in [3.63, 3.8) is 0 Å². The van der Waals surface area contributed by atoms with E-state index in [1.54, 1.807) is 0 Å². The molecule has 1 atom stereocenters. The lowest BCUT2D eigenvalue weighted by molar-refractivity contribution is -0.275. The highest BCUT2D eigenvalue weighted by molar-refractivity contribution is 7.89. The van der Waals surface area contributed by atoms with Crippen molar-refractivity contribution >= 4 is 16.0 Å². The highest BCUT2D eigenvalue weighted by Gasteiger charge is 2.41. The van der Waals surface area contributed by atoms with Crippen LogP contribution in [0.5, 0.6) is 0 Å². The van der Waals surface area contributed by atoms with Crippen molar-refractivity contribution in [3.05, 3.63) is 29.8 Å². The van der Waals surface area contributed by atoms with Gasteiger partial charge in [-0.1, -0.05) is 18.6 Å². The third-order valence-corrected chi connectivity index (χ3v) is 5.80. The number of halogens is 3. The summed E-state index contributed by atoms with van der Waals surface area (Å²) in [5, 5.41) is 0. The number of piperidine rings is 1. The maximum Gasteiger partial charge on any atom is 0.417 e. The van der Waals surface area contributed by atoms with E-state index in [0.717, 1.165) is 29.4 Å².